The summed E-state index contributed by atoms with van der Waals surface area (Å²) in [7, 11) is 0. The van der Waals surface area contributed by atoms with Crippen LogP contribution in [0, 0.1) is 5.82 Å². The van der Waals surface area contributed by atoms with Gasteiger partial charge in [0.2, 0.25) is 0 Å². The first kappa shape index (κ1) is 9.54. The van der Waals surface area contributed by atoms with Crippen LogP contribution in [0.5, 0.6) is 0 Å². The predicted molar refractivity (Wildman–Crippen MR) is 57.3 cm³/mol. The van der Waals surface area contributed by atoms with E-state index in [2.05, 4.69) is 10.5 Å². The van der Waals surface area contributed by atoms with Gasteiger partial charge in [0.15, 0.2) is 5.76 Å². The third kappa shape index (κ3) is 1.42. The van der Waals surface area contributed by atoms with E-state index in [1.807, 2.05) is 0 Å². The van der Waals surface area contributed by atoms with E-state index in [4.69, 9.17) is 4.52 Å². The van der Waals surface area contributed by atoms with E-state index in [-0.39, 0.29) is 5.82 Å². The number of hydrogen-bond acceptors (Lipinski definition) is 3. The average Bonchev–Trinajstić information content (AvgIpc) is 2.74. The number of aromatic nitrogens is 1. The highest BCUT2D eigenvalue weighted by atomic mass is 19.1. The van der Waals surface area contributed by atoms with Crippen LogP contribution >= 0.6 is 0 Å². The van der Waals surface area contributed by atoms with Crippen LogP contribution in [0.25, 0.3) is 11.3 Å². The Morgan fingerprint density at radius 2 is 2.19 bits per heavy atom. The topological polar surface area (TPSA) is 38.1 Å². The molecule has 0 amide bonds. The van der Waals surface area contributed by atoms with Crippen molar-refractivity contribution in [1.82, 2.24) is 10.5 Å². The van der Waals surface area contributed by atoms with E-state index in [1.165, 1.54) is 6.07 Å². The predicted octanol–water partition coefficient (Wildman–Crippen LogP) is 2.13. The van der Waals surface area contributed by atoms with Crippen LogP contribution in [0.3, 0.4) is 0 Å². The molecule has 0 radical (unpaired) electrons. The fourth-order valence-corrected chi connectivity index (χ4v) is 2.02. The number of benzene rings is 1. The second-order valence-corrected chi connectivity index (χ2v) is 3.84. The molecule has 1 aromatic carbocycles. The summed E-state index contributed by atoms with van der Waals surface area (Å²) in [5.41, 5.74) is 2.20. The molecule has 0 atom stereocenters. The summed E-state index contributed by atoms with van der Waals surface area (Å²) in [6.07, 6.45) is 0.836. The van der Waals surface area contributed by atoms with E-state index in [0.29, 0.717) is 17.8 Å². The van der Waals surface area contributed by atoms with E-state index in [0.717, 1.165) is 24.3 Å². The number of nitrogens with zero attached hydrogens (tertiary/aromatic N) is 1. The molecular weight excluding hydrogens is 207 g/mol. The van der Waals surface area contributed by atoms with Gasteiger partial charge in [0.25, 0.3) is 0 Å². The lowest BCUT2D eigenvalue weighted by Crippen LogP contribution is -2.22. The fraction of sp³-hybridized carbons (Fsp3) is 0.250. The molecule has 2 heterocycles. The van der Waals surface area contributed by atoms with Crippen molar-refractivity contribution in [3.8, 4) is 11.3 Å². The maximum absolute atomic E-state index is 13.6. The second-order valence-electron chi connectivity index (χ2n) is 3.84. The van der Waals surface area contributed by atoms with Crippen LogP contribution in [0.15, 0.2) is 28.8 Å². The highest BCUT2D eigenvalue weighted by Crippen LogP contribution is 2.29. The van der Waals surface area contributed by atoms with Crippen LogP contribution in [0.1, 0.15) is 11.3 Å². The molecule has 0 unspecified atom stereocenters. The first-order valence-electron chi connectivity index (χ1n) is 5.29. The third-order valence-electron chi connectivity index (χ3n) is 2.84. The molecule has 16 heavy (non-hydrogen) atoms. The summed E-state index contributed by atoms with van der Waals surface area (Å²) in [5.74, 6) is 0.571. The highest BCUT2D eigenvalue weighted by molar-refractivity contribution is 5.64. The molecule has 0 aliphatic carbocycles. The molecule has 0 bridgehead atoms. The first-order chi connectivity index (χ1) is 7.86. The molecule has 3 rings (SSSR count). The smallest absolute Gasteiger partial charge is 0.154 e. The minimum absolute atomic E-state index is 0.253. The van der Waals surface area contributed by atoms with Gasteiger partial charge < -0.3 is 9.84 Å². The Balaban J connectivity index is 2.13. The lowest BCUT2D eigenvalue weighted by molar-refractivity contribution is 0.367. The van der Waals surface area contributed by atoms with Crippen LogP contribution in [-0.2, 0) is 13.0 Å². The quantitative estimate of drug-likeness (QED) is 0.796. The zero-order valence-electron chi connectivity index (χ0n) is 8.66. The van der Waals surface area contributed by atoms with Crippen molar-refractivity contribution in [2.24, 2.45) is 0 Å². The van der Waals surface area contributed by atoms with Gasteiger partial charge in [-0.05, 0) is 25.1 Å². The molecule has 1 N–H and O–H groups in total. The second kappa shape index (κ2) is 3.72. The van der Waals surface area contributed by atoms with Gasteiger partial charge in [0, 0.05) is 11.1 Å². The number of rotatable bonds is 1. The molecule has 1 aliphatic heterocycles. The Kier molecular flexibility index (Phi) is 2.22. The van der Waals surface area contributed by atoms with Gasteiger partial charge in [0.05, 0.1) is 6.54 Å². The zero-order valence-corrected chi connectivity index (χ0v) is 8.66. The fourth-order valence-electron chi connectivity index (χ4n) is 2.02. The summed E-state index contributed by atoms with van der Waals surface area (Å²) >= 11 is 0. The largest absolute Gasteiger partial charge is 0.359 e. The molecule has 0 saturated heterocycles. The molecular formula is C12H11FN2O. The minimum atomic E-state index is -0.253. The van der Waals surface area contributed by atoms with E-state index >= 15 is 0 Å². The lowest BCUT2D eigenvalue weighted by atomic mass is 10.0. The van der Waals surface area contributed by atoms with Crippen molar-refractivity contribution in [2.45, 2.75) is 13.0 Å². The van der Waals surface area contributed by atoms with Gasteiger partial charge in [0.1, 0.15) is 11.5 Å². The van der Waals surface area contributed by atoms with Crippen LogP contribution < -0.4 is 5.32 Å². The van der Waals surface area contributed by atoms with E-state index < -0.39 is 0 Å². The average molecular weight is 218 g/mol. The number of nitrogens with one attached hydrogen (secondary N) is 1. The number of fused-ring (bicyclic) bond motifs is 1. The summed E-state index contributed by atoms with van der Waals surface area (Å²) in [6, 6.07) is 6.65. The number of hydrogen-bond donors (Lipinski definition) is 1. The Morgan fingerprint density at radius 3 is 3.06 bits per heavy atom. The van der Waals surface area contributed by atoms with Crippen LogP contribution in [0.2, 0.25) is 0 Å². The number of halogens is 1. The first-order valence-corrected chi connectivity index (χ1v) is 5.29. The minimum Gasteiger partial charge on any atom is -0.359 e. The van der Waals surface area contributed by atoms with Crippen LogP contribution in [-0.4, -0.2) is 11.7 Å². The van der Waals surface area contributed by atoms with E-state index in [1.54, 1.807) is 18.2 Å². The summed E-state index contributed by atoms with van der Waals surface area (Å²) in [4.78, 5) is 0. The maximum Gasteiger partial charge on any atom is 0.154 e. The normalized spacial score (nSPS) is 14.8. The zero-order chi connectivity index (χ0) is 11.0. The Labute approximate surface area is 92.3 Å². The monoisotopic (exact) mass is 218 g/mol. The molecule has 0 saturated carbocycles. The lowest BCUT2D eigenvalue weighted by Gasteiger charge is -2.11. The molecule has 4 heteroatoms. The Bertz CT molecular complexity index is 521. The van der Waals surface area contributed by atoms with Gasteiger partial charge in [-0.15, -0.1) is 0 Å². The van der Waals surface area contributed by atoms with Gasteiger partial charge in [-0.2, -0.15) is 0 Å². The van der Waals surface area contributed by atoms with Gasteiger partial charge >= 0.3 is 0 Å². The molecule has 0 spiro atoms. The Morgan fingerprint density at radius 1 is 1.31 bits per heavy atom. The van der Waals surface area contributed by atoms with Crippen LogP contribution in [0.4, 0.5) is 4.39 Å². The van der Waals surface area contributed by atoms with Crippen molar-refractivity contribution >= 4 is 0 Å². The van der Waals surface area contributed by atoms with Gasteiger partial charge in [-0.1, -0.05) is 17.3 Å². The molecule has 0 fully saturated rings. The third-order valence-corrected chi connectivity index (χ3v) is 2.84. The molecule has 1 aromatic heterocycles. The van der Waals surface area contributed by atoms with E-state index in [9.17, 15) is 4.39 Å². The van der Waals surface area contributed by atoms with Gasteiger partial charge in [-0.3, -0.25) is 0 Å². The summed E-state index contributed by atoms with van der Waals surface area (Å²) < 4.78 is 18.8. The SMILES string of the molecule is Fc1ccccc1-c1noc2c1CCNC2. The van der Waals surface area contributed by atoms with Gasteiger partial charge in [-0.25, -0.2) is 4.39 Å². The van der Waals surface area contributed by atoms with Crippen molar-refractivity contribution in [2.75, 3.05) is 6.54 Å². The molecule has 2 aromatic rings. The van der Waals surface area contributed by atoms with Crippen molar-refractivity contribution in [1.29, 1.82) is 0 Å². The van der Waals surface area contributed by atoms with Crippen molar-refractivity contribution in [3.05, 3.63) is 41.4 Å². The van der Waals surface area contributed by atoms with Crippen molar-refractivity contribution in [3.63, 3.8) is 0 Å². The summed E-state index contributed by atoms with van der Waals surface area (Å²) in [5, 5.41) is 7.17. The molecule has 1 aliphatic rings. The Hall–Kier alpha value is -1.68. The molecule has 82 valence electrons. The van der Waals surface area contributed by atoms with Crippen molar-refractivity contribution < 1.29 is 8.91 Å². The highest BCUT2D eigenvalue weighted by Gasteiger charge is 2.21. The standard InChI is InChI=1S/C12H11FN2O/c13-10-4-2-1-3-8(10)12-9-5-6-14-7-11(9)16-15-12/h1-4,14H,5-7H2. The summed E-state index contributed by atoms with van der Waals surface area (Å²) in [6.45, 7) is 1.56. The molecule has 3 nitrogen and oxygen atoms in total. The maximum atomic E-state index is 13.6.